The van der Waals surface area contributed by atoms with Gasteiger partial charge in [-0.1, -0.05) is 24.3 Å². The van der Waals surface area contributed by atoms with Crippen molar-refractivity contribution in [3.63, 3.8) is 0 Å². The van der Waals surface area contributed by atoms with Crippen LogP contribution >= 0.6 is 0 Å². The summed E-state index contributed by atoms with van der Waals surface area (Å²) in [7, 11) is 1.81. The molecular formula is C26H25N5O2. The maximum atomic E-state index is 13.3. The minimum atomic E-state index is -0.266. The van der Waals surface area contributed by atoms with Crippen molar-refractivity contribution in [2.45, 2.75) is 37.8 Å². The third kappa shape index (κ3) is 3.27. The molecule has 7 nitrogen and oxygen atoms in total. The van der Waals surface area contributed by atoms with Gasteiger partial charge in [-0.2, -0.15) is 5.10 Å². The Labute approximate surface area is 190 Å². The van der Waals surface area contributed by atoms with E-state index in [0.717, 1.165) is 64.4 Å². The van der Waals surface area contributed by atoms with Crippen molar-refractivity contribution in [2.75, 3.05) is 0 Å². The molecule has 0 amide bonds. The standard InChI is InChI=1S/C26H25N5O2/c1-29-24-15-27-23-12-7-17(18-14-28-30(16-18)19-5-3-2-4-6-19)13-22(23)25(24)31(26(29)33)20-8-10-21(32)11-9-20/h2-7,12-16,20-21,32H,8-11H2,1H3/t20-,21+. The van der Waals surface area contributed by atoms with Crippen LogP contribution in [0.1, 0.15) is 31.7 Å². The van der Waals surface area contributed by atoms with Crippen molar-refractivity contribution in [1.82, 2.24) is 23.9 Å². The van der Waals surface area contributed by atoms with E-state index in [2.05, 4.69) is 22.2 Å². The van der Waals surface area contributed by atoms with E-state index in [0.29, 0.717) is 0 Å². The lowest BCUT2D eigenvalue weighted by Gasteiger charge is -2.26. The molecule has 0 atom stereocenters. The zero-order valence-electron chi connectivity index (χ0n) is 18.4. The topological polar surface area (TPSA) is 77.9 Å². The van der Waals surface area contributed by atoms with Crippen LogP contribution in [-0.2, 0) is 7.05 Å². The highest BCUT2D eigenvalue weighted by atomic mass is 16.3. The predicted octanol–water partition coefficient (Wildman–Crippen LogP) is 4.22. The summed E-state index contributed by atoms with van der Waals surface area (Å²) in [5.74, 6) is 0. The Morgan fingerprint density at radius 2 is 1.76 bits per heavy atom. The molecule has 1 aliphatic rings. The molecule has 0 saturated heterocycles. The number of aromatic nitrogens is 5. The van der Waals surface area contributed by atoms with Gasteiger partial charge in [0.1, 0.15) is 0 Å². The van der Waals surface area contributed by atoms with Crippen molar-refractivity contribution in [3.8, 4) is 16.8 Å². The van der Waals surface area contributed by atoms with Gasteiger partial charge in [0.25, 0.3) is 0 Å². The molecule has 1 aliphatic carbocycles. The molecule has 0 radical (unpaired) electrons. The van der Waals surface area contributed by atoms with E-state index >= 15 is 0 Å². The molecule has 166 valence electrons. The van der Waals surface area contributed by atoms with E-state index in [1.54, 1.807) is 17.8 Å². The Hall–Kier alpha value is -3.71. The minimum absolute atomic E-state index is 0.0250. The lowest BCUT2D eigenvalue weighted by molar-refractivity contribution is 0.111. The van der Waals surface area contributed by atoms with E-state index in [1.165, 1.54) is 0 Å². The molecule has 0 aliphatic heterocycles. The second-order valence-corrected chi connectivity index (χ2v) is 8.91. The maximum Gasteiger partial charge on any atom is 0.329 e. The van der Waals surface area contributed by atoms with Gasteiger partial charge < -0.3 is 5.11 Å². The third-order valence-electron chi connectivity index (χ3n) is 6.88. The number of pyridine rings is 1. The zero-order chi connectivity index (χ0) is 22.5. The van der Waals surface area contributed by atoms with Gasteiger partial charge in [-0.15, -0.1) is 0 Å². The van der Waals surface area contributed by atoms with Gasteiger partial charge in [-0.05, 0) is 55.5 Å². The van der Waals surface area contributed by atoms with Crippen LogP contribution < -0.4 is 5.69 Å². The van der Waals surface area contributed by atoms with Gasteiger partial charge in [0.15, 0.2) is 0 Å². The van der Waals surface area contributed by atoms with Gasteiger partial charge >= 0.3 is 5.69 Å². The average molecular weight is 440 g/mol. The van der Waals surface area contributed by atoms with Crippen LogP contribution in [0, 0.1) is 0 Å². The Morgan fingerprint density at radius 3 is 2.55 bits per heavy atom. The molecule has 5 aromatic rings. The predicted molar refractivity (Wildman–Crippen MR) is 129 cm³/mol. The molecule has 33 heavy (non-hydrogen) atoms. The number of rotatable bonds is 3. The lowest BCUT2D eigenvalue weighted by atomic mass is 9.93. The van der Waals surface area contributed by atoms with Crippen LogP contribution in [0.4, 0.5) is 0 Å². The zero-order valence-corrected chi connectivity index (χ0v) is 18.4. The minimum Gasteiger partial charge on any atom is -0.393 e. The number of benzene rings is 2. The fraction of sp³-hybridized carbons (Fsp3) is 0.269. The Morgan fingerprint density at radius 1 is 0.970 bits per heavy atom. The molecule has 1 fully saturated rings. The van der Waals surface area contributed by atoms with Gasteiger partial charge in [0.2, 0.25) is 0 Å². The van der Waals surface area contributed by atoms with Crippen LogP contribution in [0.3, 0.4) is 0 Å². The normalized spacial score (nSPS) is 18.8. The smallest absolute Gasteiger partial charge is 0.329 e. The van der Waals surface area contributed by atoms with E-state index < -0.39 is 0 Å². The van der Waals surface area contributed by atoms with Gasteiger partial charge in [-0.25, -0.2) is 9.48 Å². The second kappa shape index (κ2) is 7.71. The SMILES string of the molecule is Cn1c(=O)n([C@H]2CC[C@@H](O)CC2)c2c3cc(-c4cnn(-c5ccccc5)c4)ccc3ncc21. The first-order chi connectivity index (χ1) is 16.1. The monoisotopic (exact) mass is 439 g/mol. The van der Waals surface area contributed by atoms with Crippen molar-refractivity contribution >= 4 is 21.9 Å². The van der Waals surface area contributed by atoms with Crippen molar-refractivity contribution in [3.05, 3.63) is 77.6 Å². The first-order valence-corrected chi connectivity index (χ1v) is 11.4. The number of hydrogen-bond acceptors (Lipinski definition) is 4. The molecule has 3 heterocycles. The average Bonchev–Trinajstić information content (AvgIpc) is 3.44. The molecular weight excluding hydrogens is 414 g/mol. The lowest BCUT2D eigenvalue weighted by Crippen LogP contribution is -2.29. The summed E-state index contributed by atoms with van der Waals surface area (Å²) in [5.41, 5.74) is 5.62. The molecule has 1 saturated carbocycles. The summed E-state index contributed by atoms with van der Waals surface area (Å²) in [4.78, 5) is 17.9. The van der Waals surface area contributed by atoms with E-state index in [1.807, 2.05) is 58.0 Å². The molecule has 6 rings (SSSR count). The number of nitrogens with zero attached hydrogens (tertiary/aromatic N) is 5. The molecule has 2 aromatic carbocycles. The molecule has 3 aromatic heterocycles. The summed E-state index contributed by atoms with van der Waals surface area (Å²) in [6.07, 6.45) is 8.45. The number of para-hydroxylation sites is 1. The molecule has 0 unspecified atom stereocenters. The molecule has 0 bridgehead atoms. The quantitative estimate of drug-likeness (QED) is 0.457. The first-order valence-electron chi connectivity index (χ1n) is 11.4. The highest BCUT2D eigenvalue weighted by molar-refractivity contribution is 6.04. The number of hydrogen-bond donors (Lipinski definition) is 1. The molecule has 1 N–H and O–H groups in total. The first kappa shape index (κ1) is 19.9. The van der Waals surface area contributed by atoms with Crippen LogP contribution in [-0.4, -0.2) is 35.1 Å². The van der Waals surface area contributed by atoms with Crippen molar-refractivity contribution in [2.24, 2.45) is 7.05 Å². The summed E-state index contributed by atoms with van der Waals surface area (Å²) in [6, 6.07) is 16.3. The van der Waals surface area contributed by atoms with Crippen molar-refractivity contribution < 1.29 is 5.11 Å². The van der Waals surface area contributed by atoms with E-state index in [9.17, 15) is 9.90 Å². The van der Waals surface area contributed by atoms with E-state index in [4.69, 9.17) is 0 Å². The molecule has 0 spiro atoms. The Bertz CT molecular complexity index is 1520. The number of imidazole rings is 1. The van der Waals surface area contributed by atoms with Crippen LogP contribution in [0.25, 0.3) is 38.8 Å². The summed E-state index contributed by atoms with van der Waals surface area (Å²) >= 11 is 0. The number of aryl methyl sites for hydroxylation is 1. The van der Waals surface area contributed by atoms with Gasteiger partial charge in [0.05, 0.1) is 40.7 Å². The van der Waals surface area contributed by atoms with Crippen LogP contribution in [0.5, 0.6) is 0 Å². The molecule has 7 heteroatoms. The fourth-order valence-electron chi connectivity index (χ4n) is 5.06. The second-order valence-electron chi connectivity index (χ2n) is 8.91. The number of aliphatic hydroxyl groups is 1. The maximum absolute atomic E-state index is 13.3. The van der Waals surface area contributed by atoms with Crippen LogP contribution in [0.2, 0.25) is 0 Å². The summed E-state index contributed by atoms with van der Waals surface area (Å²) in [5, 5.41) is 15.5. The summed E-state index contributed by atoms with van der Waals surface area (Å²) < 4.78 is 5.49. The summed E-state index contributed by atoms with van der Waals surface area (Å²) in [6.45, 7) is 0. The van der Waals surface area contributed by atoms with Gasteiger partial charge in [-0.3, -0.25) is 14.1 Å². The Balaban J connectivity index is 1.52. The largest absolute Gasteiger partial charge is 0.393 e. The van der Waals surface area contributed by atoms with Crippen LogP contribution in [0.15, 0.2) is 71.9 Å². The van der Waals surface area contributed by atoms with E-state index in [-0.39, 0.29) is 17.8 Å². The van der Waals surface area contributed by atoms with Gasteiger partial charge in [0, 0.05) is 30.2 Å². The van der Waals surface area contributed by atoms with Crippen molar-refractivity contribution in [1.29, 1.82) is 0 Å². The third-order valence-corrected chi connectivity index (χ3v) is 6.88. The fourth-order valence-corrected chi connectivity index (χ4v) is 5.06. The number of aliphatic hydroxyl groups excluding tert-OH is 1. The number of fused-ring (bicyclic) bond motifs is 3. The highest BCUT2D eigenvalue weighted by Gasteiger charge is 2.26. The Kier molecular flexibility index (Phi) is 4.66. The highest BCUT2D eigenvalue weighted by Crippen LogP contribution is 2.34.